The highest BCUT2D eigenvalue weighted by Crippen LogP contribution is 2.22. The van der Waals surface area contributed by atoms with Crippen LogP contribution in [0.3, 0.4) is 0 Å². The molecule has 0 atom stereocenters. The van der Waals surface area contributed by atoms with Gasteiger partial charge in [0.05, 0.1) is 21.6 Å². The standard InChI is InChI=1S/C20H23N5O3S/c1-2-19-21-17-5-3-4-6-18(17)25(19)13-20(26)23-22-14-9-11-16(12-10-14)29(27,28)24-15-7-8-15/h3-6,9-12,15,22,24H,2,7-8,13H2,1H3,(H,23,26). The van der Waals surface area contributed by atoms with Crippen molar-refractivity contribution in [3.63, 3.8) is 0 Å². The van der Waals surface area contributed by atoms with E-state index in [1.54, 1.807) is 12.1 Å². The Bertz CT molecular complexity index is 1130. The summed E-state index contributed by atoms with van der Waals surface area (Å²) < 4.78 is 28.9. The number of nitrogens with one attached hydrogen (secondary N) is 3. The average molecular weight is 414 g/mol. The number of hydrazine groups is 1. The van der Waals surface area contributed by atoms with Crippen LogP contribution in [0.2, 0.25) is 0 Å². The van der Waals surface area contributed by atoms with Crippen molar-refractivity contribution in [2.24, 2.45) is 0 Å². The smallest absolute Gasteiger partial charge is 0.258 e. The lowest BCUT2D eigenvalue weighted by Crippen LogP contribution is -2.33. The highest BCUT2D eigenvalue weighted by atomic mass is 32.2. The van der Waals surface area contributed by atoms with Gasteiger partial charge in [-0.25, -0.2) is 18.1 Å². The SMILES string of the molecule is CCc1nc2ccccc2n1CC(=O)NNc1ccc(S(=O)(=O)NC2CC2)cc1. The summed E-state index contributed by atoms with van der Waals surface area (Å²) in [5.41, 5.74) is 7.85. The van der Waals surface area contributed by atoms with Gasteiger partial charge < -0.3 is 4.57 Å². The fourth-order valence-electron chi connectivity index (χ4n) is 3.10. The first-order chi connectivity index (χ1) is 14.0. The van der Waals surface area contributed by atoms with E-state index in [2.05, 4.69) is 20.6 Å². The summed E-state index contributed by atoms with van der Waals surface area (Å²) in [7, 11) is -3.48. The highest BCUT2D eigenvalue weighted by molar-refractivity contribution is 7.89. The van der Waals surface area contributed by atoms with Crippen LogP contribution in [0.15, 0.2) is 53.4 Å². The summed E-state index contributed by atoms with van der Waals surface area (Å²) in [5.74, 6) is 0.619. The van der Waals surface area contributed by atoms with Crippen LogP contribution < -0.4 is 15.6 Å². The summed E-state index contributed by atoms with van der Waals surface area (Å²) in [5, 5.41) is 0. The van der Waals surface area contributed by atoms with Crippen LogP contribution in [0.4, 0.5) is 5.69 Å². The normalized spacial score (nSPS) is 14.1. The number of anilines is 1. The molecule has 1 aliphatic rings. The Balaban J connectivity index is 1.39. The lowest BCUT2D eigenvalue weighted by Gasteiger charge is -2.12. The molecule has 0 unspecified atom stereocenters. The lowest BCUT2D eigenvalue weighted by molar-refractivity contribution is -0.121. The van der Waals surface area contributed by atoms with Crippen LogP contribution in [0.5, 0.6) is 0 Å². The number of hydrogen-bond acceptors (Lipinski definition) is 5. The molecule has 0 spiro atoms. The Morgan fingerprint density at radius 2 is 1.86 bits per heavy atom. The molecule has 1 saturated carbocycles. The molecule has 1 aromatic heterocycles. The second kappa shape index (κ2) is 7.84. The van der Waals surface area contributed by atoms with Gasteiger partial charge in [-0.3, -0.25) is 15.6 Å². The third kappa shape index (κ3) is 4.41. The molecule has 0 saturated heterocycles. The van der Waals surface area contributed by atoms with Gasteiger partial charge >= 0.3 is 0 Å². The van der Waals surface area contributed by atoms with E-state index < -0.39 is 10.0 Å². The predicted molar refractivity (Wildman–Crippen MR) is 111 cm³/mol. The van der Waals surface area contributed by atoms with E-state index in [4.69, 9.17) is 0 Å². The zero-order chi connectivity index (χ0) is 20.4. The van der Waals surface area contributed by atoms with E-state index in [9.17, 15) is 13.2 Å². The average Bonchev–Trinajstić information content (AvgIpc) is 3.45. The van der Waals surface area contributed by atoms with Crippen LogP contribution in [0, 0.1) is 0 Å². The number of rotatable bonds is 8. The van der Waals surface area contributed by atoms with Crippen molar-refractivity contribution in [2.45, 2.75) is 43.7 Å². The minimum Gasteiger partial charge on any atom is -0.318 e. The van der Waals surface area contributed by atoms with Crippen molar-refractivity contribution >= 4 is 32.7 Å². The molecule has 2 aromatic carbocycles. The van der Waals surface area contributed by atoms with Crippen molar-refractivity contribution in [3.05, 3.63) is 54.4 Å². The molecule has 0 aliphatic heterocycles. The van der Waals surface area contributed by atoms with Gasteiger partial charge in [0.1, 0.15) is 12.4 Å². The van der Waals surface area contributed by atoms with Crippen molar-refractivity contribution in [2.75, 3.05) is 5.43 Å². The van der Waals surface area contributed by atoms with E-state index in [1.165, 1.54) is 12.1 Å². The minimum absolute atomic E-state index is 0.0596. The molecule has 29 heavy (non-hydrogen) atoms. The van der Waals surface area contributed by atoms with E-state index >= 15 is 0 Å². The number of sulfonamides is 1. The molecule has 1 heterocycles. The van der Waals surface area contributed by atoms with Crippen LogP contribution >= 0.6 is 0 Å². The van der Waals surface area contributed by atoms with Gasteiger partial charge in [-0.05, 0) is 49.2 Å². The number of hydrogen-bond donors (Lipinski definition) is 3. The van der Waals surface area contributed by atoms with Gasteiger partial charge in [0.25, 0.3) is 5.91 Å². The Labute approximate surface area is 169 Å². The Kier molecular flexibility index (Phi) is 5.25. The molecule has 0 radical (unpaired) electrons. The Morgan fingerprint density at radius 3 is 2.55 bits per heavy atom. The van der Waals surface area contributed by atoms with Crippen LogP contribution in [0.25, 0.3) is 11.0 Å². The fraction of sp³-hybridized carbons (Fsp3) is 0.300. The highest BCUT2D eigenvalue weighted by Gasteiger charge is 2.27. The number of carbonyl (C=O) groups excluding carboxylic acids is 1. The summed E-state index contributed by atoms with van der Waals surface area (Å²) >= 11 is 0. The predicted octanol–water partition coefficient (Wildman–Crippen LogP) is 2.18. The molecule has 0 bridgehead atoms. The summed E-state index contributed by atoms with van der Waals surface area (Å²) in [4.78, 5) is 17.2. The van der Waals surface area contributed by atoms with Gasteiger partial charge in [-0.1, -0.05) is 19.1 Å². The third-order valence-corrected chi connectivity index (χ3v) is 6.30. The maximum atomic E-state index is 12.4. The third-order valence-electron chi connectivity index (χ3n) is 4.76. The first kappa shape index (κ1) is 19.4. The second-order valence-corrected chi connectivity index (χ2v) is 8.76. The number of aryl methyl sites for hydroxylation is 1. The van der Waals surface area contributed by atoms with Gasteiger partial charge in [0, 0.05) is 12.5 Å². The first-order valence-corrected chi connectivity index (χ1v) is 11.1. The summed E-state index contributed by atoms with van der Waals surface area (Å²) in [6.07, 6.45) is 2.49. The Hall–Kier alpha value is -2.91. The van der Waals surface area contributed by atoms with Crippen LogP contribution in [-0.4, -0.2) is 29.9 Å². The van der Waals surface area contributed by atoms with E-state index in [0.717, 1.165) is 36.1 Å². The number of carbonyl (C=O) groups is 1. The number of benzene rings is 2. The number of amides is 1. The van der Waals surface area contributed by atoms with E-state index in [0.29, 0.717) is 5.69 Å². The van der Waals surface area contributed by atoms with Crippen LogP contribution in [0.1, 0.15) is 25.6 Å². The molecule has 1 fully saturated rings. The van der Waals surface area contributed by atoms with E-state index in [1.807, 2.05) is 35.8 Å². The van der Waals surface area contributed by atoms with Gasteiger partial charge in [0.2, 0.25) is 10.0 Å². The van der Waals surface area contributed by atoms with Gasteiger partial charge in [-0.15, -0.1) is 0 Å². The molecule has 152 valence electrons. The lowest BCUT2D eigenvalue weighted by atomic mass is 10.3. The molecule has 1 aliphatic carbocycles. The molecule has 8 nitrogen and oxygen atoms in total. The first-order valence-electron chi connectivity index (χ1n) is 9.57. The molecule has 3 N–H and O–H groups in total. The molecule has 9 heteroatoms. The van der Waals surface area contributed by atoms with Crippen molar-refractivity contribution in [3.8, 4) is 0 Å². The fourth-order valence-corrected chi connectivity index (χ4v) is 4.41. The zero-order valence-electron chi connectivity index (χ0n) is 16.1. The molecule has 1 amide bonds. The number of imidazole rings is 1. The van der Waals surface area contributed by atoms with Crippen molar-refractivity contribution in [1.29, 1.82) is 0 Å². The minimum atomic E-state index is -3.48. The summed E-state index contributed by atoms with van der Waals surface area (Å²) in [6, 6.07) is 14.0. The van der Waals surface area contributed by atoms with Crippen molar-refractivity contribution in [1.82, 2.24) is 19.7 Å². The topological polar surface area (TPSA) is 105 Å². The summed E-state index contributed by atoms with van der Waals surface area (Å²) in [6.45, 7) is 2.13. The molecular formula is C20H23N5O3S. The number of nitrogens with zero attached hydrogens (tertiary/aromatic N) is 2. The van der Waals surface area contributed by atoms with Crippen LogP contribution in [-0.2, 0) is 27.8 Å². The van der Waals surface area contributed by atoms with Gasteiger partial charge in [0.15, 0.2) is 0 Å². The molecule has 4 rings (SSSR count). The molecule has 3 aromatic rings. The van der Waals surface area contributed by atoms with Crippen molar-refractivity contribution < 1.29 is 13.2 Å². The van der Waals surface area contributed by atoms with E-state index in [-0.39, 0.29) is 23.4 Å². The number of para-hydroxylation sites is 2. The van der Waals surface area contributed by atoms with Gasteiger partial charge in [-0.2, -0.15) is 0 Å². The monoisotopic (exact) mass is 413 g/mol. The molecular weight excluding hydrogens is 390 g/mol. The maximum Gasteiger partial charge on any atom is 0.258 e. The largest absolute Gasteiger partial charge is 0.318 e. The second-order valence-electron chi connectivity index (χ2n) is 7.05. The quantitative estimate of drug-likeness (QED) is 0.491. The number of fused-ring (bicyclic) bond motifs is 1. The number of aromatic nitrogens is 2. The maximum absolute atomic E-state index is 12.4. The Morgan fingerprint density at radius 1 is 1.14 bits per heavy atom. The zero-order valence-corrected chi connectivity index (χ0v) is 16.9.